The molecule has 2 aromatic carbocycles. The van der Waals surface area contributed by atoms with E-state index in [4.69, 9.17) is 0 Å². The monoisotopic (exact) mass is 486 g/mol. The number of nitrogens with zero attached hydrogens (tertiary/aromatic N) is 5. The molecule has 2 aliphatic rings. The highest BCUT2D eigenvalue weighted by Crippen LogP contribution is 2.44. The molecular formula is C26H26N6O2S. The van der Waals surface area contributed by atoms with Gasteiger partial charge in [0.05, 0.1) is 16.9 Å². The molecular weight excluding hydrogens is 460 g/mol. The molecule has 0 radical (unpaired) electrons. The zero-order valence-corrected chi connectivity index (χ0v) is 20.5. The number of carbonyl (C=O) groups is 2. The molecule has 35 heavy (non-hydrogen) atoms. The quantitative estimate of drug-likeness (QED) is 0.456. The summed E-state index contributed by atoms with van der Waals surface area (Å²) < 4.78 is 2.23. The van der Waals surface area contributed by atoms with Crippen LogP contribution in [0.25, 0.3) is 10.9 Å². The normalized spacial score (nSPS) is 16.7. The number of anilines is 2. The lowest BCUT2D eigenvalue weighted by Crippen LogP contribution is -2.51. The van der Waals surface area contributed by atoms with Gasteiger partial charge in [0.25, 0.3) is 5.91 Å². The highest BCUT2D eigenvalue weighted by Gasteiger charge is 2.42. The van der Waals surface area contributed by atoms with Crippen molar-refractivity contribution < 1.29 is 9.59 Å². The van der Waals surface area contributed by atoms with Crippen LogP contribution in [0.15, 0.2) is 48.5 Å². The van der Waals surface area contributed by atoms with Gasteiger partial charge in [-0.2, -0.15) is 0 Å². The molecule has 1 N–H and O–H groups in total. The topological polar surface area (TPSA) is 83.4 Å². The number of aryl methyl sites for hydroxylation is 2. The van der Waals surface area contributed by atoms with Crippen LogP contribution in [0, 0.1) is 0 Å². The summed E-state index contributed by atoms with van der Waals surface area (Å²) in [6.07, 6.45) is 1.67. The van der Waals surface area contributed by atoms with E-state index in [0.717, 1.165) is 40.3 Å². The van der Waals surface area contributed by atoms with E-state index in [1.165, 1.54) is 22.3 Å². The van der Waals surface area contributed by atoms with Crippen molar-refractivity contribution >= 4 is 44.9 Å². The van der Waals surface area contributed by atoms with E-state index in [1.807, 2.05) is 49.2 Å². The van der Waals surface area contributed by atoms with Gasteiger partial charge in [-0.1, -0.05) is 48.6 Å². The minimum absolute atomic E-state index is 0.0619. The minimum Gasteiger partial charge on any atom is -0.349 e. The van der Waals surface area contributed by atoms with Crippen LogP contribution in [0.1, 0.15) is 46.1 Å². The number of carbonyl (C=O) groups excluding carboxylic acids is 2. The Morgan fingerprint density at radius 3 is 2.77 bits per heavy atom. The first-order chi connectivity index (χ1) is 17.1. The van der Waals surface area contributed by atoms with Crippen LogP contribution in [-0.2, 0) is 24.2 Å². The fraction of sp³-hybridized carbons (Fsp3) is 0.308. The molecule has 2 amide bonds. The second kappa shape index (κ2) is 8.49. The van der Waals surface area contributed by atoms with Gasteiger partial charge in [0.1, 0.15) is 11.2 Å². The predicted molar refractivity (Wildman–Crippen MR) is 137 cm³/mol. The molecule has 8 nitrogen and oxygen atoms in total. The minimum atomic E-state index is -0.216. The molecule has 1 unspecified atom stereocenters. The average molecular weight is 487 g/mol. The zero-order chi connectivity index (χ0) is 24.1. The smallest absolute Gasteiger partial charge is 0.257 e. The van der Waals surface area contributed by atoms with Crippen LogP contribution < -0.4 is 10.2 Å². The number of aromatic nitrogens is 3. The molecule has 4 aromatic rings. The lowest BCUT2D eigenvalue weighted by Gasteiger charge is -2.46. The number of fused-ring (bicyclic) bond motifs is 6. The molecule has 0 bridgehead atoms. The molecule has 6 rings (SSSR count). The van der Waals surface area contributed by atoms with E-state index in [0.29, 0.717) is 24.6 Å². The third-order valence-corrected chi connectivity index (χ3v) is 7.97. The fourth-order valence-electron chi connectivity index (χ4n) is 5.39. The van der Waals surface area contributed by atoms with Crippen LogP contribution in [0.2, 0.25) is 0 Å². The van der Waals surface area contributed by atoms with Crippen LogP contribution in [0.3, 0.4) is 0 Å². The summed E-state index contributed by atoms with van der Waals surface area (Å²) in [4.78, 5) is 30.4. The number of benzene rings is 2. The van der Waals surface area contributed by atoms with Crippen molar-refractivity contribution in [2.45, 2.75) is 38.9 Å². The van der Waals surface area contributed by atoms with Crippen molar-refractivity contribution in [2.75, 3.05) is 23.8 Å². The molecule has 0 saturated heterocycles. The first kappa shape index (κ1) is 21.8. The summed E-state index contributed by atoms with van der Waals surface area (Å²) in [6, 6.07) is 16.1. The summed E-state index contributed by atoms with van der Waals surface area (Å²) in [5.41, 5.74) is 5.12. The number of rotatable bonds is 5. The Kier molecular flexibility index (Phi) is 5.29. The van der Waals surface area contributed by atoms with Gasteiger partial charge in [-0.25, -0.2) is 0 Å². The Hall–Kier alpha value is -3.72. The van der Waals surface area contributed by atoms with E-state index in [2.05, 4.69) is 43.2 Å². The van der Waals surface area contributed by atoms with Crippen molar-refractivity contribution in [1.82, 2.24) is 19.7 Å². The predicted octanol–water partition coefficient (Wildman–Crippen LogP) is 4.23. The summed E-state index contributed by atoms with van der Waals surface area (Å²) in [7, 11) is 2.05. The van der Waals surface area contributed by atoms with Gasteiger partial charge in [-0.15, -0.1) is 10.2 Å². The van der Waals surface area contributed by atoms with E-state index >= 15 is 0 Å². The lowest BCUT2D eigenvalue weighted by molar-refractivity contribution is -0.116. The molecule has 178 valence electrons. The Morgan fingerprint density at radius 1 is 1.14 bits per heavy atom. The Labute approximate surface area is 207 Å². The van der Waals surface area contributed by atoms with Crippen molar-refractivity contribution in [3.63, 3.8) is 0 Å². The number of hydrogen-bond donors (Lipinski definition) is 1. The first-order valence-corrected chi connectivity index (χ1v) is 12.7. The molecule has 4 heterocycles. The maximum atomic E-state index is 13.4. The summed E-state index contributed by atoms with van der Waals surface area (Å²) in [6.45, 7) is 3.19. The van der Waals surface area contributed by atoms with Crippen molar-refractivity contribution in [3.05, 3.63) is 70.4 Å². The van der Waals surface area contributed by atoms with Crippen molar-refractivity contribution in [2.24, 2.45) is 0 Å². The van der Waals surface area contributed by atoms with Gasteiger partial charge in [0.2, 0.25) is 11.0 Å². The molecule has 9 heteroatoms. The van der Waals surface area contributed by atoms with Crippen LogP contribution in [0.5, 0.6) is 0 Å². The maximum Gasteiger partial charge on any atom is 0.257 e. The molecule has 0 fully saturated rings. The first-order valence-electron chi connectivity index (χ1n) is 11.9. The number of para-hydroxylation sites is 2. The second-order valence-electron chi connectivity index (χ2n) is 8.94. The molecule has 0 aliphatic carbocycles. The molecule has 1 atom stereocenters. The van der Waals surface area contributed by atoms with Gasteiger partial charge in [0, 0.05) is 37.5 Å². The molecule has 0 saturated carbocycles. The Bertz CT molecular complexity index is 1460. The summed E-state index contributed by atoms with van der Waals surface area (Å²) >= 11 is 1.41. The third kappa shape index (κ3) is 3.49. The Morgan fingerprint density at radius 2 is 1.94 bits per heavy atom. The average Bonchev–Trinajstić information content (AvgIpc) is 3.47. The van der Waals surface area contributed by atoms with E-state index in [-0.39, 0.29) is 18.0 Å². The van der Waals surface area contributed by atoms with Crippen molar-refractivity contribution in [1.29, 1.82) is 0 Å². The SMILES string of the molecule is CCc1nnc(NC(=O)CCn2c3c(c4ccccc42)CCN2C(=O)c4ccccc4N(C)C32)s1. The van der Waals surface area contributed by atoms with Crippen LogP contribution >= 0.6 is 11.3 Å². The van der Waals surface area contributed by atoms with E-state index in [9.17, 15) is 9.59 Å². The highest BCUT2D eigenvalue weighted by atomic mass is 32.1. The second-order valence-corrected chi connectivity index (χ2v) is 10.00. The van der Waals surface area contributed by atoms with Crippen LogP contribution in [0.4, 0.5) is 10.8 Å². The van der Waals surface area contributed by atoms with Gasteiger partial charge in [0.15, 0.2) is 0 Å². The molecule has 2 aliphatic heterocycles. The standard InChI is InChI=1S/C26H26N6O2S/c1-3-22-28-29-26(35-22)27-21(33)13-15-31-20-11-7-4-8-16(20)17-12-14-32-24(23(17)31)30(2)19-10-6-5-9-18(19)25(32)34/h4-11,24H,3,12-15H2,1-2H3,(H,27,29,33). The maximum absolute atomic E-state index is 13.4. The fourth-order valence-corrected chi connectivity index (χ4v) is 6.09. The van der Waals surface area contributed by atoms with Crippen LogP contribution in [-0.4, -0.2) is 45.1 Å². The lowest BCUT2D eigenvalue weighted by atomic mass is 9.96. The molecule has 0 spiro atoms. The third-order valence-electron chi connectivity index (χ3n) is 6.98. The summed E-state index contributed by atoms with van der Waals surface area (Å²) in [5, 5.41) is 13.7. The number of amides is 2. The molecule has 2 aromatic heterocycles. The number of nitrogens with one attached hydrogen (secondary N) is 1. The number of hydrogen-bond acceptors (Lipinski definition) is 6. The van der Waals surface area contributed by atoms with E-state index in [1.54, 1.807) is 0 Å². The zero-order valence-electron chi connectivity index (χ0n) is 19.7. The van der Waals surface area contributed by atoms with Crippen molar-refractivity contribution in [3.8, 4) is 0 Å². The van der Waals surface area contributed by atoms with E-state index < -0.39 is 0 Å². The Balaban J connectivity index is 1.37. The van der Waals surface area contributed by atoms with Gasteiger partial charge >= 0.3 is 0 Å². The van der Waals surface area contributed by atoms with Gasteiger partial charge in [-0.05, 0) is 36.6 Å². The van der Waals surface area contributed by atoms with Gasteiger partial charge < -0.3 is 19.7 Å². The summed E-state index contributed by atoms with van der Waals surface area (Å²) in [5.74, 6) is -0.0340. The highest BCUT2D eigenvalue weighted by molar-refractivity contribution is 7.15. The van der Waals surface area contributed by atoms with Gasteiger partial charge in [-0.3, -0.25) is 9.59 Å². The largest absolute Gasteiger partial charge is 0.349 e.